The van der Waals surface area contributed by atoms with Crippen LogP contribution in [0.15, 0.2) is 54.6 Å². The molecule has 0 radical (unpaired) electrons. The number of hydrogen-bond acceptors (Lipinski definition) is 5. The zero-order valence-corrected chi connectivity index (χ0v) is 25.5. The molecule has 4 aromatic rings. The van der Waals surface area contributed by atoms with Crippen molar-refractivity contribution >= 4 is 28.7 Å². The highest BCUT2D eigenvalue weighted by molar-refractivity contribution is 6.30. The van der Waals surface area contributed by atoms with Crippen LogP contribution >= 0.6 is 11.6 Å². The van der Waals surface area contributed by atoms with Crippen molar-refractivity contribution in [2.24, 2.45) is 7.05 Å². The average Bonchev–Trinajstić information content (AvgIpc) is 3.38. The number of cyclic esters (lactones) is 1. The topological polar surface area (TPSA) is 76.8 Å². The van der Waals surface area contributed by atoms with Crippen molar-refractivity contribution in [3.63, 3.8) is 0 Å². The molecule has 3 atom stereocenters. The van der Waals surface area contributed by atoms with Gasteiger partial charge in [0.25, 0.3) is 0 Å². The fraction of sp³-hybridized carbons (Fsp3) is 0.394. The molecule has 5 rings (SSSR count). The van der Waals surface area contributed by atoms with Gasteiger partial charge in [-0.15, -0.1) is 0 Å². The molecule has 1 N–H and O–H groups in total. The second-order valence-electron chi connectivity index (χ2n) is 11.9. The van der Waals surface area contributed by atoms with Crippen LogP contribution in [0.1, 0.15) is 55.0 Å². The predicted molar refractivity (Wildman–Crippen MR) is 162 cm³/mol. The lowest BCUT2D eigenvalue weighted by molar-refractivity contribution is -0.152. The number of fused-ring (bicyclic) bond motifs is 1. The van der Waals surface area contributed by atoms with Gasteiger partial charge in [0.2, 0.25) is 0 Å². The SMILES string of the molecule is Cc1nc2c(c(C)c(C)n2C)c(-c2ccc(Cl)cc2)c1[C@H](OC(C)(C)C)C(O)N1C(=O)OC[C@H]1Cc1ccccc1. The molecule has 1 saturated heterocycles. The van der Waals surface area contributed by atoms with Crippen molar-refractivity contribution in [1.82, 2.24) is 14.5 Å². The first-order valence-corrected chi connectivity index (χ1v) is 14.3. The van der Waals surface area contributed by atoms with Gasteiger partial charge < -0.3 is 19.1 Å². The number of carbonyl (C=O) groups excluding carboxylic acids is 1. The van der Waals surface area contributed by atoms with E-state index in [1.54, 1.807) is 0 Å². The smallest absolute Gasteiger partial charge is 0.412 e. The van der Waals surface area contributed by atoms with E-state index in [0.717, 1.165) is 44.5 Å². The van der Waals surface area contributed by atoms with Gasteiger partial charge in [-0.05, 0) is 76.8 Å². The maximum atomic E-state index is 13.2. The lowest BCUT2D eigenvalue weighted by Gasteiger charge is -2.37. The molecular weight excluding hydrogens is 538 g/mol. The van der Waals surface area contributed by atoms with Gasteiger partial charge in [-0.1, -0.05) is 54.1 Å². The van der Waals surface area contributed by atoms with E-state index in [0.29, 0.717) is 17.1 Å². The second-order valence-corrected chi connectivity index (χ2v) is 12.3. The molecule has 7 nitrogen and oxygen atoms in total. The summed E-state index contributed by atoms with van der Waals surface area (Å²) in [7, 11) is 2.01. The molecule has 0 bridgehead atoms. The molecule has 1 amide bonds. The second kappa shape index (κ2) is 11.1. The Morgan fingerprint density at radius 3 is 2.39 bits per heavy atom. The summed E-state index contributed by atoms with van der Waals surface area (Å²) in [5, 5.41) is 13.7. The number of pyridine rings is 1. The lowest BCUT2D eigenvalue weighted by atomic mass is 9.90. The standard InChI is InChI=1S/C33H38ClN3O4/c1-19-21(3)36(7)30-26(19)28(23-13-15-24(34)16-14-23)27(20(2)35-30)29(41-33(4,5)6)31(38)37-25(18-40-32(37)39)17-22-11-9-8-10-12-22/h8-16,25,29,31,38H,17-18H2,1-7H3/t25-,29+,31?/m1/s1. The molecule has 0 saturated carbocycles. The van der Waals surface area contributed by atoms with Crippen molar-refractivity contribution in [2.75, 3.05) is 6.61 Å². The minimum absolute atomic E-state index is 0.185. The van der Waals surface area contributed by atoms with Crippen LogP contribution in [0.3, 0.4) is 0 Å². The summed E-state index contributed by atoms with van der Waals surface area (Å²) in [4.78, 5) is 19.6. The molecule has 8 heteroatoms. The minimum atomic E-state index is -1.33. The Morgan fingerprint density at radius 2 is 1.76 bits per heavy atom. The average molecular weight is 576 g/mol. The summed E-state index contributed by atoms with van der Waals surface area (Å²) in [6, 6.07) is 17.2. The van der Waals surface area contributed by atoms with E-state index in [1.807, 2.05) is 89.3 Å². The Labute approximate surface area is 246 Å². The maximum absolute atomic E-state index is 13.2. The predicted octanol–water partition coefficient (Wildman–Crippen LogP) is 7.06. The number of aliphatic hydroxyl groups excluding tert-OH is 1. The van der Waals surface area contributed by atoms with Gasteiger partial charge in [0.05, 0.1) is 11.6 Å². The number of nitrogens with zero attached hydrogens (tertiary/aromatic N) is 3. The number of halogens is 1. The Morgan fingerprint density at radius 1 is 1.10 bits per heavy atom. The number of aliphatic hydroxyl groups is 1. The summed E-state index contributed by atoms with van der Waals surface area (Å²) in [5.41, 5.74) is 6.71. The minimum Gasteiger partial charge on any atom is -0.447 e. The number of amides is 1. The number of carbonyl (C=O) groups is 1. The van der Waals surface area contributed by atoms with E-state index >= 15 is 0 Å². The quantitative estimate of drug-likeness (QED) is 0.255. The molecule has 1 fully saturated rings. The van der Waals surface area contributed by atoms with Gasteiger partial charge >= 0.3 is 6.09 Å². The molecule has 1 aliphatic heterocycles. The maximum Gasteiger partial charge on any atom is 0.412 e. The van der Waals surface area contributed by atoms with Gasteiger partial charge in [0.1, 0.15) is 18.4 Å². The van der Waals surface area contributed by atoms with Gasteiger partial charge in [0.15, 0.2) is 6.23 Å². The molecule has 0 aliphatic carbocycles. The Kier molecular flexibility index (Phi) is 7.90. The highest BCUT2D eigenvalue weighted by Crippen LogP contribution is 2.44. The molecule has 1 unspecified atom stereocenters. The molecule has 2 aromatic heterocycles. The Balaban J connectivity index is 1.72. The van der Waals surface area contributed by atoms with Crippen molar-refractivity contribution < 1.29 is 19.4 Å². The number of aryl methyl sites for hydroxylation is 3. The van der Waals surface area contributed by atoms with Crippen LogP contribution < -0.4 is 0 Å². The van der Waals surface area contributed by atoms with Crippen LogP contribution in [-0.4, -0.2) is 50.1 Å². The fourth-order valence-electron chi connectivity index (χ4n) is 5.79. The zero-order valence-electron chi connectivity index (χ0n) is 24.7. The van der Waals surface area contributed by atoms with Gasteiger partial charge in [0, 0.05) is 40.0 Å². The number of hydrogen-bond donors (Lipinski definition) is 1. The number of aromatic nitrogens is 2. The normalized spacial score (nSPS) is 17.2. The van der Waals surface area contributed by atoms with Crippen molar-refractivity contribution in [1.29, 1.82) is 0 Å². The van der Waals surface area contributed by atoms with Crippen molar-refractivity contribution in [2.45, 2.75) is 71.9 Å². The van der Waals surface area contributed by atoms with Crippen LogP contribution in [0.25, 0.3) is 22.2 Å². The van der Waals surface area contributed by atoms with E-state index < -0.39 is 24.0 Å². The third kappa shape index (κ3) is 5.59. The summed E-state index contributed by atoms with van der Waals surface area (Å²) in [5.74, 6) is 0. The van der Waals surface area contributed by atoms with Gasteiger partial charge in [-0.3, -0.25) is 4.90 Å². The summed E-state index contributed by atoms with van der Waals surface area (Å²) < 4.78 is 14.2. The van der Waals surface area contributed by atoms with Gasteiger partial charge in [-0.25, -0.2) is 9.78 Å². The van der Waals surface area contributed by atoms with Gasteiger partial charge in [-0.2, -0.15) is 0 Å². The van der Waals surface area contributed by atoms with Crippen LogP contribution in [-0.2, 0) is 22.9 Å². The highest BCUT2D eigenvalue weighted by Gasteiger charge is 2.44. The number of benzene rings is 2. The molecular formula is C33H38ClN3O4. The first-order chi connectivity index (χ1) is 19.4. The third-order valence-corrected chi connectivity index (χ3v) is 8.17. The molecule has 2 aromatic carbocycles. The first kappa shape index (κ1) is 29.1. The van der Waals surface area contributed by atoms with E-state index in [1.165, 1.54) is 4.90 Å². The first-order valence-electron chi connectivity index (χ1n) is 13.9. The molecule has 3 heterocycles. The van der Waals surface area contributed by atoms with Crippen LogP contribution in [0, 0.1) is 20.8 Å². The zero-order chi connectivity index (χ0) is 29.6. The fourth-order valence-corrected chi connectivity index (χ4v) is 5.92. The third-order valence-electron chi connectivity index (χ3n) is 7.92. The highest BCUT2D eigenvalue weighted by atomic mass is 35.5. The number of ether oxygens (including phenoxy) is 2. The van der Waals surface area contributed by atoms with Crippen LogP contribution in [0.5, 0.6) is 0 Å². The summed E-state index contributed by atoms with van der Waals surface area (Å²) in [6.07, 6.45) is -2.26. The Bertz CT molecular complexity index is 1570. The summed E-state index contributed by atoms with van der Waals surface area (Å²) in [6.45, 7) is 12.1. The monoisotopic (exact) mass is 575 g/mol. The van der Waals surface area contributed by atoms with E-state index in [-0.39, 0.29) is 12.6 Å². The summed E-state index contributed by atoms with van der Waals surface area (Å²) >= 11 is 6.29. The molecule has 216 valence electrons. The van der Waals surface area contributed by atoms with Crippen LogP contribution in [0.4, 0.5) is 4.79 Å². The molecule has 1 aliphatic rings. The molecule has 41 heavy (non-hydrogen) atoms. The van der Waals surface area contributed by atoms with E-state index in [4.69, 9.17) is 26.1 Å². The Hall–Kier alpha value is -3.39. The molecule has 0 spiro atoms. The number of rotatable bonds is 7. The van der Waals surface area contributed by atoms with E-state index in [9.17, 15) is 9.90 Å². The van der Waals surface area contributed by atoms with Crippen molar-refractivity contribution in [3.05, 3.63) is 87.7 Å². The van der Waals surface area contributed by atoms with Crippen molar-refractivity contribution in [3.8, 4) is 11.1 Å². The lowest BCUT2D eigenvalue weighted by Crippen LogP contribution is -2.48. The van der Waals surface area contributed by atoms with E-state index in [2.05, 4.69) is 18.4 Å². The van der Waals surface area contributed by atoms with Crippen LogP contribution in [0.2, 0.25) is 5.02 Å². The largest absolute Gasteiger partial charge is 0.447 e.